The van der Waals surface area contributed by atoms with Gasteiger partial charge in [0.25, 0.3) is 0 Å². The van der Waals surface area contributed by atoms with Gasteiger partial charge in [-0.1, -0.05) is 40.5 Å². The molecule has 0 aliphatic carbocycles. The van der Waals surface area contributed by atoms with Gasteiger partial charge in [-0.25, -0.2) is 0 Å². The van der Waals surface area contributed by atoms with Crippen LogP contribution in [0.15, 0.2) is 22.7 Å². The van der Waals surface area contributed by atoms with E-state index in [1.807, 2.05) is 30.0 Å². The Hall–Kier alpha value is -1.07. The molecule has 0 unspecified atom stereocenters. The number of hydrogen-bond acceptors (Lipinski definition) is 2. The smallest absolute Gasteiger partial charge is 0.223 e. The molecule has 1 heterocycles. The molecule has 23 heavy (non-hydrogen) atoms. The molecule has 1 saturated heterocycles. The average Bonchev–Trinajstić information content (AvgIpc) is 2.54. The molecule has 1 aliphatic heterocycles. The van der Waals surface area contributed by atoms with Crippen LogP contribution in [0.3, 0.4) is 0 Å². The summed E-state index contributed by atoms with van der Waals surface area (Å²) in [7, 11) is 0. The molecule has 126 valence electrons. The van der Waals surface area contributed by atoms with Gasteiger partial charge in [0.05, 0.1) is 0 Å². The van der Waals surface area contributed by atoms with Gasteiger partial charge in [-0.15, -0.1) is 0 Å². The van der Waals surface area contributed by atoms with Crippen LogP contribution in [0.4, 0.5) is 0 Å². The molecule has 2 rings (SSSR count). The van der Waals surface area contributed by atoms with Crippen LogP contribution in [0.2, 0.25) is 5.02 Å². The number of halogens is 2. The maximum Gasteiger partial charge on any atom is 0.223 e. The Balaban J connectivity index is 1.80. The lowest BCUT2D eigenvalue weighted by Gasteiger charge is -2.31. The van der Waals surface area contributed by atoms with Crippen LogP contribution >= 0.6 is 27.5 Å². The molecule has 0 spiro atoms. The highest BCUT2D eigenvalue weighted by molar-refractivity contribution is 9.10. The third-order valence-corrected chi connectivity index (χ3v) is 5.00. The van der Waals surface area contributed by atoms with Crippen molar-refractivity contribution >= 4 is 39.3 Å². The molecule has 2 amide bonds. The zero-order chi connectivity index (χ0) is 16.8. The van der Waals surface area contributed by atoms with Gasteiger partial charge < -0.3 is 10.2 Å². The second-order valence-electron chi connectivity index (χ2n) is 5.86. The lowest BCUT2D eigenvalue weighted by molar-refractivity contribution is -0.135. The van der Waals surface area contributed by atoms with E-state index in [9.17, 15) is 9.59 Å². The molecule has 0 aromatic heterocycles. The van der Waals surface area contributed by atoms with Crippen LogP contribution in [0.5, 0.6) is 0 Å². The van der Waals surface area contributed by atoms with E-state index in [-0.39, 0.29) is 17.7 Å². The molecule has 0 saturated carbocycles. The Morgan fingerprint density at radius 1 is 1.35 bits per heavy atom. The van der Waals surface area contributed by atoms with Crippen molar-refractivity contribution in [3.05, 3.63) is 33.3 Å². The zero-order valence-electron chi connectivity index (χ0n) is 13.3. The first kappa shape index (κ1) is 18.3. The highest BCUT2D eigenvalue weighted by Crippen LogP contribution is 2.22. The third-order valence-electron chi connectivity index (χ3n) is 4.15. The summed E-state index contributed by atoms with van der Waals surface area (Å²) in [5.74, 6) is 0.231. The van der Waals surface area contributed by atoms with Gasteiger partial charge in [0.1, 0.15) is 0 Å². The van der Waals surface area contributed by atoms with Crippen molar-refractivity contribution in [3.63, 3.8) is 0 Å². The summed E-state index contributed by atoms with van der Waals surface area (Å²) in [6, 6.07) is 5.63. The van der Waals surface area contributed by atoms with Crippen LogP contribution < -0.4 is 5.32 Å². The maximum absolute atomic E-state index is 12.3. The van der Waals surface area contributed by atoms with Gasteiger partial charge >= 0.3 is 0 Å². The summed E-state index contributed by atoms with van der Waals surface area (Å²) < 4.78 is 0.918. The molecule has 1 fully saturated rings. The van der Waals surface area contributed by atoms with E-state index in [2.05, 4.69) is 21.2 Å². The normalized spacial score (nSPS) is 15.5. The average molecular weight is 402 g/mol. The summed E-state index contributed by atoms with van der Waals surface area (Å²) in [5, 5.41) is 3.59. The van der Waals surface area contributed by atoms with E-state index >= 15 is 0 Å². The zero-order valence-corrected chi connectivity index (χ0v) is 15.6. The predicted octanol–water partition coefficient (Wildman–Crippen LogP) is 3.76. The standard InChI is InChI=1S/C17H22BrClN2O2/c1-2-3-16(22)21-8-6-12(7-9-21)17(23)20-11-13-4-5-14(18)10-15(13)19/h4-5,10,12H,2-3,6-9,11H2,1H3,(H,20,23). The largest absolute Gasteiger partial charge is 0.352 e. The summed E-state index contributed by atoms with van der Waals surface area (Å²) in [4.78, 5) is 26.0. The Morgan fingerprint density at radius 2 is 2.04 bits per heavy atom. The number of nitrogens with zero attached hydrogens (tertiary/aromatic N) is 1. The van der Waals surface area contributed by atoms with Gasteiger partial charge in [0.2, 0.25) is 11.8 Å². The topological polar surface area (TPSA) is 49.4 Å². The number of piperidine rings is 1. The first-order valence-corrected chi connectivity index (χ1v) is 9.17. The molecular formula is C17H22BrClN2O2. The molecule has 0 radical (unpaired) electrons. The second-order valence-corrected chi connectivity index (χ2v) is 7.18. The molecule has 1 N–H and O–H groups in total. The van der Waals surface area contributed by atoms with Crippen molar-refractivity contribution in [2.45, 2.75) is 39.2 Å². The van der Waals surface area contributed by atoms with Gasteiger partial charge in [0.15, 0.2) is 0 Å². The number of benzene rings is 1. The van der Waals surface area contributed by atoms with Crippen molar-refractivity contribution in [2.24, 2.45) is 5.92 Å². The third kappa shape index (κ3) is 5.21. The van der Waals surface area contributed by atoms with Gasteiger partial charge in [-0.05, 0) is 37.0 Å². The Kier molecular flexibility index (Phi) is 6.90. The molecule has 0 atom stereocenters. The monoisotopic (exact) mass is 400 g/mol. The van der Waals surface area contributed by atoms with Gasteiger partial charge in [0, 0.05) is 41.5 Å². The van der Waals surface area contributed by atoms with E-state index in [0.29, 0.717) is 31.1 Å². The minimum absolute atomic E-state index is 0.0186. The number of likely N-dealkylation sites (tertiary alicyclic amines) is 1. The van der Waals surface area contributed by atoms with Crippen LogP contribution in [-0.2, 0) is 16.1 Å². The Labute approximate surface area is 150 Å². The van der Waals surface area contributed by atoms with Gasteiger partial charge in [-0.2, -0.15) is 0 Å². The number of carbonyl (C=O) groups is 2. The molecular weight excluding hydrogens is 380 g/mol. The first-order valence-electron chi connectivity index (χ1n) is 8.00. The molecule has 0 bridgehead atoms. The predicted molar refractivity (Wildman–Crippen MR) is 95.2 cm³/mol. The highest BCUT2D eigenvalue weighted by Gasteiger charge is 2.26. The van der Waals surface area contributed by atoms with E-state index in [1.165, 1.54) is 0 Å². The number of carbonyl (C=O) groups excluding carboxylic acids is 2. The lowest BCUT2D eigenvalue weighted by Crippen LogP contribution is -2.42. The minimum atomic E-state index is -0.0186. The fourth-order valence-electron chi connectivity index (χ4n) is 2.75. The molecule has 1 aromatic rings. The van der Waals surface area contributed by atoms with Crippen LogP contribution in [0, 0.1) is 5.92 Å². The number of rotatable bonds is 5. The molecule has 1 aromatic carbocycles. The van der Waals surface area contributed by atoms with Gasteiger partial charge in [-0.3, -0.25) is 9.59 Å². The fraction of sp³-hybridized carbons (Fsp3) is 0.529. The first-order chi connectivity index (χ1) is 11.0. The van der Waals surface area contributed by atoms with E-state index < -0.39 is 0 Å². The number of nitrogens with one attached hydrogen (secondary N) is 1. The highest BCUT2D eigenvalue weighted by atomic mass is 79.9. The van der Waals surface area contributed by atoms with Crippen molar-refractivity contribution in [1.82, 2.24) is 10.2 Å². The van der Waals surface area contributed by atoms with E-state index in [1.54, 1.807) is 0 Å². The van der Waals surface area contributed by atoms with E-state index in [4.69, 9.17) is 11.6 Å². The number of hydrogen-bond donors (Lipinski definition) is 1. The summed E-state index contributed by atoms with van der Waals surface area (Å²) in [5.41, 5.74) is 0.902. The van der Waals surface area contributed by atoms with E-state index in [0.717, 1.165) is 29.3 Å². The molecule has 1 aliphatic rings. The van der Waals surface area contributed by atoms with Crippen molar-refractivity contribution < 1.29 is 9.59 Å². The Bertz CT molecular complexity index is 572. The van der Waals surface area contributed by atoms with Crippen LogP contribution in [-0.4, -0.2) is 29.8 Å². The fourth-order valence-corrected chi connectivity index (χ4v) is 3.50. The van der Waals surface area contributed by atoms with Crippen LogP contribution in [0.25, 0.3) is 0 Å². The quantitative estimate of drug-likeness (QED) is 0.817. The molecule has 6 heteroatoms. The summed E-state index contributed by atoms with van der Waals surface area (Å²) in [6.07, 6.45) is 2.93. The van der Waals surface area contributed by atoms with Crippen molar-refractivity contribution in [1.29, 1.82) is 0 Å². The molecule has 4 nitrogen and oxygen atoms in total. The summed E-state index contributed by atoms with van der Waals surface area (Å²) >= 11 is 9.52. The number of amides is 2. The second kappa shape index (κ2) is 8.69. The minimum Gasteiger partial charge on any atom is -0.352 e. The Morgan fingerprint density at radius 3 is 2.65 bits per heavy atom. The van der Waals surface area contributed by atoms with Crippen LogP contribution in [0.1, 0.15) is 38.2 Å². The van der Waals surface area contributed by atoms with Crippen molar-refractivity contribution in [3.8, 4) is 0 Å². The maximum atomic E-state index is 12.3. The summed E-state index contributed by atoms with van der Waals surface area (Å²) in [6.45, 7) is 3.79. The SMILES string of the molecule is CCCC(=O)N1CCC(C(=O)NCc2ccc(Br)cc2Cl)CC1. The van der Waals surface area contributed by atoms with Crippen molar-refractivity contribution in [2.75, 3.05) is 13.1 Å². The lowest BCUT2D eigenvalue weighted by atomic mass is 9.95.